The topological polar surface area (TPSA) is 113 Å². The number of rotatable bonds is 15. The molecule has 0 atom stereocenters. The number of anilines is 2. The van der Waals surface area contributed by atoms with Gasteiger partial charge in [-0.15, -0.1) is 5.53 Å². The zero-order chi connectivity index (χ0) is 26.5. The Balaban J connectivity index is 0.981. The summed E-state index contributed by atoms with van der Waals surface area (Å²) >= 11 is 0. The standard InChI is InChI=1S/C29H48N10/c1-2-8-23(9-3-1)32-17-7-16-30-15-6-10-25-22-39(38-37-25)21-20-33-29-35-27-12-5-4-11-26(27)28(36-29)34-24-13-18-31-19-14-24/h4-5,11-12,22-24,30-32,37-38H,1-3,6-10,13-21H2,(H2,33,34,35,36). The van der Waals surface area contributed by atoms with Crippen LogP contribution in [0.25, 0.3) is 10.9 Å². The van der Waals surface area contributed by atoms with E-state index in [1.165, 1.54) is 44.2 Å². The fraction of sp³-hybridized carbons (Fsp3) is 0.655. The van der Waals surface area contributed by atoms with Gasteiger partial charge in [-0.2, -0.15) is 4.98 Å². The Morgan fingerprint density at radius 1 is 0.872 bits per heavy atom. The Labute approximate surface area is 233 Å². The molecule has 2 aliphatic heterocycles. The van der Waals surface area contributed by atoms with E-state index in [0.29, 0.717) is 12.0 Å². The van der Waals surface area contributed by atoms with Gasteiger partial charge in [-0.1, -0.05) is 31.4 Å². The lowest BCUT2D eigenvalue weighted by Crippen LogP contribution is -2.39. The maximum atomic E-state index is 4.84. The molecule has 2 aromatic rings. The summed E-state index contributed by atoms with van der Waals surface area (Å²) in [5.74, 6) is 1.59. The van der Waals surface area contributed by atoms with E-state index in [9.17, 15) is 0 Å². The minimum Gasteiger partial charge on any atom is -0.367 e. The van der Waals surface area contributed by atoms with Gasteiger partial charge < -0.3 is 32.0 Å². The smallest absolute Gasteiger partial charge is 0.225 e. The second kappa shape index (κ2) is 15.2. The number of allylic oxidation sites excluding steroid dienone is 1. The highest BCUT2D eigenvalue weighted by molar-refractivity contribution is 5.90. The SMILES string of the molecule is C1=C(CCCNCCCNC2CCCCC2)NNN1CCNc1nc(NC2CCNCC2)c2ccccc2n1. The molecular weight excluding hydrogens is 488 g/mol. The number of nitrogens with one attached hydrogen (secondary N) is 7. The highest BCUT2D eigenvalue weighted by Crippen LogP contribution is 2.24. The first-order chi connectivity index (χ1) is 19.3. The van der Waals surface area contributed by atoms with Crippen LogP contribution in [0, 0.1) is 0 Å². The molecule has 1 saturated heterocycles. The van der Waals surface area contributed by atoms with Crippen LogP contribution in [-0.4, -0.2) is 72.9 Å². The van der Waals surface area contributed by atoms with Crippen molar-refractivity contribution in [2.45, 2.75) is 76.3 Å². The normalized spacial score (nSPS) is 18.8. The number of fused-ring (bicyclic) bond motifs is 1. The molecule has 214 valence electrons. The van der Waals surface area contributed by atoms with Gasteiger partial charge in [0.2, 0.25) is 5.95 Å². The van der Waals surface area contributed by atoms with Crippen LogP contribution in [0.5, 0.6) is 0 Å². The fourth-order valence-corrected chi connectivity index (χ4v) is 5.71. The third kappa shape index (κ3) is 8.93. The van der Waals surface area contributed by atoms with Crippen molar-refractivity contribution in [2.24, 2.45) is 0 Å². The van der Waals surface area contributed by atoms with Crippen LogP contribution in [-0.2, 0) is 0 Å². The van der Waals surface area contributed by atoms with Crippen LogP contribution >= 0.6 is 0 Å². The number of hydrazine groups is 2. The number of para-hydroxylation sites is 1. The molecule has 0 unspecified atom stereocenters. The molecule has 1 aromatic carbocycles. The predicted octanol–water partition coefficient (Wildman–Crippen LogP) is 3.05. The highest BCUT2D eigenvalue weighted by atomic mass is 15.7. The molecule has 1 aliphatic carbocycles. The minimum absolute atomic E-state index is 0.444. The Morgan fingerprint density at radius 2 is 1.72 bits per heavy atom. The molecule has 0 bridgehead atoms. The van der Waals surface area contributed by atoms with Crippen molar-refractivity contribution in [3.05, 3.63) is 36.2 Å². The molecular formula is C29H48N10. The summed E-state index contributed by atoms with van der Waals surface area (Å²) < 4.78 is 0. The molecule has 0 spiro atoms. The van der Waals surface area contributed by atoms with Crippen LogP contribution in [0.15, 0.2) is 36.2 Å². The summed E-state index contributed by atoms with van der Waals surface area (Å²) in [6.07, 6.45) is 14.7. The maximum Gasteiger partial charge on any atom is 0.225 e. The fourth-order valence-electron chi connectivity index (χ4n) is 5.71. The second-order valence-electron chi connectivity index (χ2n) is 11.1. The van der Waals surface area contributed by atoms with Crippen molar-refractivity contribution in [2.75, 3.05) is 56.4 Å². The summed E-state index contributed by atoms with van der Waals surface area (Å²) in [6, 6.07) is 9.45. The molecule has 7 N–H and O–H groups in total. The van der Waals surface area contributed by atoms with E-state index in [1.54, 1.807) is 0 Å². The van der Waals surface area contributed by atoms with Gasteiger partial charge in [-0.05, 0) is 89.8 Å². The number of aromatic nitrogens is 2. The zero-order valence-electron chi connectivity index (χ0n) is 23.4. The van der Waals surface area contributed by atoms with Gasteiger partial charge in [0.15, 0.2) is 0 Å². The van der Waals surface area contributed by atoms with E-state index in [4.69, 9.17) is 9.97 Å². The third-order valence-electron chi connectivity index (χ3n) is 7.96. The quantitative estimate of drug-likeness (QED) is 0.171. The predicted molar refractivity (Wildman–Crippen MR) is 160 cm³/mol. The van der Waals surface area contributed by atoms with Gasteiger partial charge in [-0.3, -0.25) is 5.01 Å². The number of piperidine rings is 1. The van der Waals surface area contributed by atoms with Crippen LogP contribution < -0.4 is 37.5 Å². The Hall–Kier alpha value is -2.66. The summed E-state index contributed by atoms with van der Waals surface area (Å²) in [5, 5.41) is 21.0. The van der Waals surface area contributed by atoms with Gasteiger partial charge in [-0.25, -0.2) is 4.98 Å². The second-order valence-corrected chi connectivity index (χ2v) is 11.1. The Morgan fingerprint density at radius 3 is 2.62 bits per heavy atom. The lowest BCUT2D eigenvalue weighted by Gasteiger charge is -2.25. The molecule has 2 fully saturated rings. The number of benzene rings is 1. The van der Waals surface area contributed by atoms with Crippen LogP contribution in [0.1, 0.15) is 64.2 Å². The van der Waals surface area contributed by atoms with E-state index < -0.39 is 0 Å². The summed E-state index contributed by atoms with van der Waals surface area (Å²) in [7, 11) is 0. The Bertz CT molecular complexity index is 1030. The first-order valence-electron chi connectivity index (χ1n) is 15.2. The largest absolute Gasteiger partial charge is 0.367 e. The van der Waals surface area contributed by atoms with E-state index in [-0.39, 0.29) is 0 Å². The number of hydrogen-bond acceptors (Lipinski definition) is 10. The first kappa shape index (κ1) is 27.9. The molecule has 3 heterocycles. The van der Waals surface area contributed by atoms with Crippen molar-refractivity contribution in [1.29, 1.82) is 0 Å². The number of nitrogens with zero attached hydrogens (tertiary/aromatic N) is 3. The third-order valence-corrected chi connectivity index (χ3v) is 7.96. The lowest BCUT2D eigenvalue weighted by molar-refractivity contribution is 0.280. The van der Waals surface area contributed by atoms with E-state index >= 15 is 0 Å². The molecule has 3 aliphatic rings. The van der Waals surface area contributed by atoms with Crippen LogP contribution in [0.3, 0.4) is 0 Å². The number of hydrogen-bond donors (Lipinski definition) is 7. The monoisotopic (exact) mass is 536 g/mol. The van der Waals surface area contributed by atoms with Crippen molar-refractivity contribution in [3.8, 4) is 0 Å². The molecule has 1 aromatic heterocycles. The molecule has 10 heteroatoms. The molecule has 39 heavy (non-hydrogen) atoms. The van der Waals surface area contributed by atoms with E-state index in [0.717, 1.165) is 94.3 Å². The molecule has 5 rings (SSSR count). The molecule has 0 amide bonds. The van der Waals surface area contributed by atoms with Crippen LogP contribution in [0.4, 0.5) is 11.8 Å². The average molecular weight is 537 g/mol. The summed E-state index contributed by atoms with van der Waals surface area (Å²) in [5.41, 5.74) is 8.75. The Kier molecular flexibility index (Phi) is 10.9. The molecule has 0 radical (unpaired) electrons. The summed E-state index contributed by atoms with van der Waals surface area (Å²) in [4.78, 5) is 9.59. The van der Waals surface area contributed by atoms with Crippen molar-refractivity contribution in [1.82, 2.24) is 41.9 Å². The van der Waals surface area contributed by atoms with Gasteiger partial charge >= 0.3 is 0 Å². The highest BCUT2D eigenvalue weighted by Gasteiger charge is 2.16. The van der Waals surface area contributed by atoms with E-state index in [1.807, 2.05) is 6.07 Å². The maximum absolute atomic E-state index is 4.84. The zero-order valence-corrected chi connectivity index (χ0v) is 23.4. The average Bonchev–Trinajstić information content (AvgIpc) is 3.43. The van der Waals surface area contributed by atoms with Gasteiger partial charge in [0.1, 0.15) is 5.82 Å². The van der Waals surface area contributed by atoms with Crippen molar-refractivity contribution >= 4 is 22.7 Å². The van der Waals surface area contributed by atoms with Crippen molar-refractivity contribution in [3.63, 3.8) is 0 Å². The van der Waals surface area contributed by atoms with Gasteiger partial charge in [0.05, 0.1) is 12.1 Å². The molecule has 10 nitrogen and oxygen atoms in total. The summed E-state index contributed by atoms with van der Waals surface area (Å²) in [6.45, 7) is 6.92. The molecule has 1 saturated carbocycles. The van der Waals surface area contributed by atoms with E-state index in [2.05, 4.69) is 67.0 Å². The minimum atomic E-state index is 0.444. The van der Waals surface area contributed by atoms with Gasteiger partial charge in [0, 0.05) is 35.9 Å². The lowest BCUT2D eigenvalue weighted by atomic mass is 9.95. The van der Waals surface area contributed by atoms with Crippen molar-refractivity contribution < 1.29 is 0 Å². The van der Waals surface area contributed by atoms with Gasteiger partial charge in [0.25, 0.3) is 0 Å². The van der Waals surface area contributed by atoms with Crippen LogP contribution in [0.2, 0.25) is 0 Å². The first-order valence-corrected chi connectivity index (χ1v) is 15.2.